The Bertz CT molecular complexity index is 980. The molecule has 3 nitrogen and oxygen atoms in total. The number of rotatable bonds is 13. The van der Waals surface area contributed by atoms with E-state index < -0.39 is 0 Å². The first kappa shape index (κ1) is 28.0. The molecular weight excluding hydrogens is 442 g/mol. The van der Waals surface area contributed by atoms with E-state index in [4.69, 9.17) is 4.74 Å². The molecule has 0 spiro atoms. The summed E-state index contributed by atoms with van der Waals surface area (Å²) in [7, 11) is 0. The second-order valence-electron chi connectivity index (χ2n) is 10.7. The number of hydrogen-bond acceptors (Lipinski definition) is 3. The smallest absolute Gasteiger partial charge is 0.314 e. The molecule has 1 unspecified atom stereocenters. The van der Waals surface area contributed by atoms with E-state index in [0.29, 0.717) is 23.1 Å². The molecule has 3 rings (SSSR count). The lowest BCUT2D eigenvalue weighted by Gasteiger charge is -2.27. The van der Waals surface area contributed by atoms with Gasteiger partial charge in [-0.15, -0.1) is 0 Å². The predicted octanol–water partition coefficient (Wildman–Crippen LogP) is 8.93. The zero-order chi connectivity index (χ0) is 25.8. The Labute approximate surface area is 219 Å². The minimum atomic E-state index is -0.182. The summed E-state index contributed by atoms with van der Waals surface area (Å²) in [5, 5.41) is 9.70. The van der Waals surface area contributed by atoms with Gasteiger partial charge in [-0.1, -0.05) is 89.6 Å². The molecule has 0 bridgehead atoms. The topological polar surface area (TPSA) is 50.1 Å². The first-order valence-electron chi connectivity index (χ1n) is 14.4. The number of nitrogens with zero attached hydrogens (tertiary/aromatic N) is 1. The van der Waals surface area contributed by atoms with Crippen LogP contribution in [0.3, 0.4) is 0 Å². The maximum Gasteiger partial charge on any atom is 0.314 e. The number of hydrogen-bond donors (Lipinski definition) is 0. The zero-order valence-corrected chi connectivity index (χ0v) is 22.7. The summed E-state index contributed by atoms with van der Waals surface area (Å²) in [5.41, 5.74) is 4.45. The van der Waals surface area contributed by atoms with Gasteiger partial charge in [0.2, 0.25) is 0 Å². The Balaban J connectivity index is 1.52. The average Bonchev–Trinajstić information content (AvgIpc) is 2.92. The second-order valence-corrected chi connectivity index (χ2v) is 10.7. The molecule has 1 aliphatic carbocycles. The Morgan fingerprint density at radius 1 is 0.944 bits per heavy atom. The van der Waals surface area contributed by atoms with Gasteiger partial charge in [-0.2, -0.15) is 5.26 Å². The van der Waals surface area contributed by atoms with Crippen molar-refractivity contribution in [3.63, 3.8) is 0 Å². The number of ether oxygens (including phenoxy) is 1. The molecule has 0 saturated heterocycles. The number of benzene rings is 2. The minimum absolute atomic E-state index is 0.0840. The third kappa shape index (κ3) is 8.22. The van der Waals surface area contributed by atoms with Crippen LogP contribution in [0.15, 0.2) is 42.5 Å². The van der Waals surface area contributed by atoms with Crippen LogP contribution >= 0.6 is 0 Å². The van der Waals surface area contributed by atoms with E-state index >= 15 is 0 Å². The Morgan fingerprint density at radius 3 is 2.28 bits per heavy atom. The highest BCUT2D eigenvalue weighted by Gasteiger charge is 2.29. The third-order valence-corrected chi connectivity index (χ3v) is 8.02. The van der Waals surface area contributed by atoms with E-state index in [2.05, 4.69) is 51.1 Å². The molecule has 0 heterocycles. The Kier molecular flexibility index (Phi) is 11.5. The molecule has 1 aliphatic rings. The Morgan fingerprint density at radius 2 is 1.64 bits per heavy atom. The van der Waals surface area contributed by atoms with Crippen LogP contribution in [0, 0.1) is 23.2 Å². The van der Waals surface area contributed by atoms with Crippen LogP contribution in [0.25, 0.3) is 0 Å². The van der Waals surface area contributed by atoms with Crippen molar-refractivity contribution in [2.24, 2.45) is 11.8 Å². The predicted molar refractivity (Wildman–Crippen MR) is 148 cm³/mol. The molecule has 0 amide bonds. The van der Waals surface area contributed by atoms with Crippen molar-refractivity contribution in [2.45, 2.75) is 110 Å². The van der Waals surface area contributed by atoms with E-state index in [-0.39, 0.29) is 11.9 Å². The van der Waals surface area contributed by atoms with E-state index in [1.165, 1.54) is 49.7 Å². The van der Waals surface area contributed by atoms with E-state index in [1.54, 1.807) is 0 Å². The fourth-order valence-electron chi connectivity index (χ4n) is 5.55. The van der Waals surface area contributed by atoms with Gasteiger partial charge in [-0.3, -0.25) is 4.79 Å². The number of nitriles is 1. The maximum absolute atomic E-state index is 12.9. The summed E-state index contributed by atoms with van der Waals surface area (Å²) in [4.78, 5) is 12.9. The number of unbranched alkanes of at least 4 members (excludes halogenated alkanes) is 3. The highest BCUT2D eigenvalue weighted by atomic mass is 16.5. The molecule has 0 radical (unpaired) electrons. The third-order valence-electron chi connectivity index (χ3n) is 8.02. The molecule has 1 atom stereocenters. The molecule has 2 aromatic carbocycles. The van der Waals surface area contributed by atoms with Crippen molar-refractivity contribution < 1.29 is 9.53 Å². The normalized spacial score (nSPS) is 18.4. The maximum atomic E-state index is 12.9. The highest BCUT2D eigenvalue weighted by Crippen LogP contribution is 2.37. The van der Waals surface area contributed by atoms with Crippen LogP contribution in [0.5, 0.6) is 5.75 Å². The van der Waals surface area contributed by atoms with E-state index in [9.17, 15) is 10.1 Å². The highest BCUT2D eigenvalue weighted by molar-refractivity contribution is 5.76. The van der Waals surface area contributed by atoms with Gasteiger partial charge in [-0.05, 0) is 85.6 Å². The average molecular weight is 488 g/mol. The van der Waals surface area contributed by atoms with Crippen LogP contribution in [-0.2, 0) is 17.6 Å². The molecule has 0 aliphatic heterocycles. The van der Waals surface area contributed by atoms with Crippen LogP contribution in [-0.4, -0.2) is 5.97 Å². The quantitative estimate of drug-likeness (QED) is 0.161. The van der Waals surface area contributed by atoms with Gasteiger partial charge in [-0.25, -0.2) is 0 Å². The van der Waals surface area contributed by atoms with Crippen molar-refractivity contribution in [3.8, 4) is 11.8 Å². The van der Waals surface area contributed by atoms with E-state index in [1.807, 2.05) is 18.2 Å². The molecule has 2 aromatic rings. The minimum Gasteiger partial charge on any atom is -0.425 e. The van der Waals surface area contributed by atoms with Crippen LogP contribution in [0.1, 0.15) is 120 Å². The molecule has 3 heteroatoms. The monoisotopic (exact) mass is 487 g/mol. The lowest BCUT2D eigenvalue weighted by Crippen LogP contribution is -2.25. The summed E-state index contributed by atoms with van der Waals surface area (Å²) in [6.07, 6.45) is 14.5. The summed E-state index contributed by atoms with van der Waals surface area (Å²) in [6.45, 7) is 6.70. The van der Waals surface area contributed by atoms with Crippen LogP contribution in [0.4, 0.5) is 0 Å². The largest absolute Gasteiger partial charge is 0.425 e. The zero-order valence-electron chi connectivity index (χ0n) is 22.7. The molecule has 194 valence electrons. The van der Waals surface area contributed by atoms with Crippen molar-refractivity contribution in [1.82, 2.24) is 0 Å². The number of carbonyl (C=O) groups excluding carboxylic acids is 1. The fourth-order valence-corrected chi connectivity index (χ4v) is 5.55. The molecular formula is C33H45NO2. The van der Waals surface area contributed by atoms with Crippen LogP contribution < -0.4 is 4.74 Å². The van der Waals surface area contributed by atoms with Gasteiger partial charge in [0.05, 0.1) is 11.5 Å². The first-order chi connectivity index (χ1) is 17.6. The molecule has 1 saturated carbocycles. The number of carbonyl (C=O) groups is 1. The van der Waals surface area contributed by atoms with Crippen molar-refractivity contribution in [2.75, 3.05) is 0 Å². The van der Waals surface area contributed by atoms with Gasteiger partial charge in [0.1, 0.15) is 11.8 Å². The van der Waals surface area contributed by atoms with Crippen LogP contribution in [0.2, 0.25) is 0 Å². The standard InChI is InChI=1S/C33H45NO2/c1-4-7-9-11-26-12-15-28(16-13-26)29-17-19-30(20-18-29)33(35)36-32-21-14-27(23-31(32)24-34)22-25(6-3)10-8-5-2/h12-16,21,23,25,29-30H,4-11,17-20,22H2,1-3H3. The summed E-state index contributed by atoms with van der Waals surface area (Å²) >= 11 is 0. The first-order valence-corrected chi connectivity index (χ1v) is 14.4. The number of aryl methyl sites for hydroxylation is 1. The molecule has 36 heavy (non-hydrogen) atoms. The lowest BCUT2D eigenvalue weighted by atomic mass is 9.78. The molecule has 0 N–H and O–H groups in total. The van der Waals surface area contributed by atoms with Crippen molar-refractivity contribution >= 4 is 5.97 Å². The number of esters is 1. The molecule has 0 aromatic heterocycles. The van der Waals surface area contributed by atoms with Crippen molar-refractivity contribution in [3.05, 3.63) is 64.7 Å². The molecule has 1 fully saturated rings. The summed E-state index contributed by atoms with van der Waals surface area (Å²) < 4.78 is 5.77. The Hall–Kier alpha value is -2.60. The summed E-state index contributed by atoms with van der Waals surface area (Å²) in [5.74, 6) is 1.30. The van der Waals surface area contributed by atoms with Gasteiger partial charge in [0.25, 0.3) is 0 Å². The van der Waals surface area contributed by atoms with Gasteiger partial charge < -0.3 is 4.74 Å². The van der Waals surface area contributed by atoms with Crippen molar-refractivity contribution in [1.29, 1.82) is 5.26 Å². The lowest BCUT2D eigenvalue weighted by molar-refractivity contribution is -0.140. The van der Waals surface area contributed by atoms with Gasteiger partial charge in [0, 0.05) is 0 Å². The van der Waals surface area contributed by atoms with E-state index in [0.717, 1.165) is 50.5 Å². The fraction of sp³-hybridized carbons (Fsp3) is 0.576. The van der Waals surface area contributed by atoms with Gasteiger partial charge >= 0.3 is 5.97 Å². The summed E-state index contributed by atoms with van der Waals surface area (Å²) in [6, 6.07) is 17.2. The second kappa shape index (κ2) is 14.8. The van der Waals surface area contributed by atoms with Gasteiger partial charge in [0.15, 0.2) is 0 Å². The SMILES string of the molecule is CCCCCc1ccc(C2CCC(C(=O)Oc3ccc(CC(CC)CCCC)cc3C#N)CC2)cc1.